The Labute approximate surface area is 172 Å². The molecule has 0 N–H and O–H groups in total. The Hall–Kier alpha value is -1.79. The molecule has 2 aromatic carbocycles. The van der Waals surface area contributed by atoms with E-state index in [1.807, 2.05) is 54.6 Å². The van der Waals surface area contributed by atoms with E-state index in [1.165, 1.54) is 4.90 Å². The fourth-order valence-corrected chi connectivity index (χ4v) is 6.11. The van der Waals surface area contributed by atoms with Gasteiger partial charge in [0.2, 0.25) is 5.91 Å². The number of carbonyl (C=O) groups excluding carboxylic acids is 1. The van der Waals surface area contributed by atoms with Gasteiger partial charge in [0.1, 0.15) is 0 Å². The third-order valence-corrected chi connectivity index (χ3v) is 8.06. The maximum absolute atomic E-state index is 12.8. The number of rotatable bonds is 5. The summed E-state index contributed by atoms with van der Waals surface area (Å²) < 4.78 is 25.4. The molecule has 0 bridgehead atoms. The van der Waals surface area contributed by atoms with Crippen LogP contribution < -0.4 is 0 Å². The van der Waals surface area contributed by atoms with Crippen molar-refractivity contribution >= 4 is 27.5 Å². The second-order valence-electron chi connectivity index (χ2n) is 7.42. The largest absolute Gasteiger partial charge is 0.341 e. The van der Waals surface area contributed by atoms with Crippen molar-refractivity contribution in [3.05, 3.63) is 65.7 Å². The third kappa shape index (κ3) is 5.39. The number of sulfone groups is 1. The topological polar surface area (TPSA) is 54.5 Å². The van der Waals surface area contributed by atoms with Crippen LogP contribution in [0.1, 0.15) is 36.6 Å². The molecule has 3 rings (SSSR count). The molecule has 1 aliphatic heterocycles. The number of thioether (sulfide) groups is 1. The van der Waals surface area contributed by atoms with E-state index in [9.17, 15) is 13.2 Å². The molecule has 1 saturated heterocycles. The Morgan fingerprint density at radius 3 is 2.39 bits per heavy atom. The van der Waals surface area contributed by atoms with Crippen molar-refractivity contribution in [2.24, 2.45) is 0 Å². The summed E-state index contributed by atoms with van der Waals surface area (Å²) in [6, 6.07) is 17.4. The van der Waals surface area contributed by atoms with Crippen LogP contribution in [0.25, 0.3) is 0 Å². The molecular formula is C22H27NO3S2. The average molecular weight is 418 g/mol. The van der Waals surface area contributed by atoms with Crippen LogP contribution in [0, 0.1) is 0 Å². The van der Waals surface area contributed by atoms with Crippen molar-refractivity contribution in [3.8, 4) is 0 Å². The summed E-state index contributed by atoms with van der Waals surface area (Å²) in [5.74, 6) is 0.00982. The lowest BCUT2D eigenvalue weighted by Gasteiger charge is -2.20. The summed E-state index contributed by atoms with van der Waals surface area (Å²) in [5.41, 5.74) is 1.78. The summed E-state index contributed by atoms with van der Waals surface area (Å²) in [6.45, 7) is 5.04. The molecule has 1 atom stereocenters. The molecule has 0 spiro atoms. The highest BCUT2D eigenvalue weighted by molar-refractivity contribution is 7.99. The van der Waals surface area contributed by atoms with E-state index in [-0.39, 0.29) is 18.2 Å². The predicted octanol–water partition coefficient (Wildman–Crippen LogP) is 4.12. The van der Waals surface area contributed by atoms with Crippen molar-refractivity contribution in [1.82, 2.24) is 4.90 Å². The maximum Gasteiger partial charge on any atom is 0.227 e. The van der Waals surface area contributed by atoms with Crippen LogP contribution in [0.2, 0.25) is 0 Å². The standard InChI is InChI=1S/C22H27NO3S2/c1-17(2)27-20-10-8-18(9-11-20)16-22(24)23-13-12-21(28(25,26)15-14-23)19-6-4-3-5-7-19/h3-11,17,21H,12-16H2,1-2H3/t21-/m0/s1. The van der Waals surface area contributed by atoms with E-state index in [0.717, 1.165) is 11.1 Å². The normalized spacial score (nSPS) is 19.4. The fraction of sp³-hybridized carbons (Fsp3) is 0.409. The van der Waals surface area contributed by atoms with Gasteiger partial charge in [-0.2, -0.15) is 0 Å². The van der Waals surface area contributed by atoms with Crippen LogP contribution in [-0.4, -0.2) is 43.3 Å². The van der Waals surface area contributed by atoms with Crippen molar-refractivity contribution in [3.63, 3.8) is 0 Å². The molecule has 1 heterocycles. The number of hydrogen-bond acceptors (Lipinski definition) is 4. The molecule has 0 saturated carbocycles. The molecule has 0 aromatic heterocycles. The SMILES string of the molecule is CC(C)Sc1ccc(CC(=O)N2CC[C@@H](c3ccccc3)S(=O)(=O)CC2)cc1. The Balaban J connectivity index is 1.65. The average Bonchev–Trinajstić information content (AvgIpc) is 2.81. The highest BCUT2D eigenvalue weighted by atomic mass is 32.2. The lowest BCUT2D eigenvalue weighted by molar-refractivity contribution is -0.130. The smallest absolute Gasteiger partial charge is 0.227 e. The molecule has 6 heteroatoms. The van der Waals surface area contributed by atoms with E-state index in [2.05, 4.69) is 13.8 Å². The molecule has 2 aromatic rings. The van der Waals surface area contributed by atoms with E-state index in [0.29, 0.717) is 24.6 Å². The minimum Gasteiger partial charge on any atom is -0.341 e. The molecule has 150 valence electrons. The Morgan fingerprint density at radius 2 is 1.75 bits per heavy atom. The minimum absolute atomic E-state index is 0.00632. The van der Waals surface area contributed by atoms with E-state index < -0.39 is 15.1 Å². The monoisotopic (exact) mass is 417 g/mol. The molecule has 0 aliphatic carbocycles. The van der Waals surface area contributed by atoms with Crippen LogP contribution in [0.15, 0.2) is 59.5 Å². The van der Waals surface area contributed by atoms with Crippen molar-refractivity contribution < 1.29 is 13.2 Å². The number of hydrogen-bond donors (Lipinski definition) is 0. The lowest BCUT2D eigenvalue weighted by atomic mass is 10.1. The summed E-state index contributed by atoms with van der Waals surface area (Å²) >= 11 is 1.79. The minimum atomic E-state index is -3.27. The van der Waals surface area contributed by atoms with E-state index in [1.54, 1.807) is 16.7 Å². The molecule has 0 radical (unpaired) electrons. The van der Waals surface area contributed by atoms with Crippen LogP contribution in [0.3, 0.4) is 0 Å². The quantitative estimate of drug-likeness (QED) is 0.687. The first kappa shape index (κ1) is 20.9. The van der Waals surface area contributed by atoms with Gasteiger partial charge >= 0.3 is 0 Å². The van der Waals surface area contributed by atoms with Crippen molar-refractivity contribution in [2.45, 2.75) is 42.1 Å². The zero-order chi connectivity index (χ0) is 20.1. The van der Waals surface area contributed by atoms with Gasteiger partial charge in [0.15, 0.2) is 9.84 Å². The number of carbonyl (C=O) groups is 1. The highest BCUT2D eigenvalue weighted by Gasteiger charge is 2.32. The summed E-state index contributed by atoms with van der Waals surface area (Å²) in [4.78, 5) is 15.7. The lowest BCUT2D eigenvalue weighted by Crippen LogP contribution is -2.34. The zero-order valence-electron chi connectivity index (χ0n) is 16.4. The van der Waals surface area contributed by atoms with Crippen LogP contribution >= 0.6 is 11.8 Å². The second kappa shape index (κ2) is 9.14. The second-order valence-corrected chi connectivity index (χ2v) is 11.4. The van der Waals surface area contributed by atoms with Gasteiger partial charge in [-0.05, 0) is 29.7 Å². The molecule has 0 unspecified atom stereocenters. The van der Waals surface area contributed by atoms with Crippen molar-refractivity contribution in [1.29, 1.82) is 0 Å². The molecule has 1 amide bonds. The third-order valence-electron chi connectivity index (χ3n) is 4.91. The van der Waals surface area contributed by atoms with Gasteiger partial charge in [0, 0.05) is 23.2 Å². The zero-order valence-corrected chi connectivity index (χ0v) is 18.0. The maximum atomic E-state index is 12.8. The first-order valence-corrected chi connectivity index (χ1v) is 12.2. The van der Waals surface area contributed by atoms with Crippen LogP contribution in [0.4, 0.5) is 0 Å². The number of benzene rings is 2. The van der Waals surface area contributed by atoms with E-state index in [4.69, 9.17) is 0 Å². The predicted molar refractivity (Wildman–Crippen MR) is 115 cm³/mol. The van der Waals surface area contributed by atoms with Crippen LogP contribution in [0.5, 0.6) is 0 Å². The molecule has 4 nitrogen and oxygen atoms in total. The fourth-order valence-electron chi connectivity index (χ4n) is 3.48. The first-order valence-electron chi connectivity index (χ1n) is 9.65. The Bertz CT molecular complexity index is 893. The molecular weight excluding hydrogens is 390 g/mol. The van der Waals surface area contributed by atoms with Crippen LogP contribution in [-0.2, 0) is 21.1 Å². The summed E-state index contributed by atoms with van der Waals surface area (Å²) in [7, 11) is -3.27. The highest BCUT2D eigenvalue weighted by Crippen LogP contribution is 2.29. The van der Waals surface area contributed by atoms with Gasteiger partial charge in [-0.1, -0.05) is 56.3 Å². The van der Waals surface area contributed by atoms with Gasteiger partial charge in [-0.25, -0.2) is 8.42 Å². The summed E-state index contributed by atoms with van der Waals surface area (Å²) in [5, 5.41) is -0.0112. The van der Waals surface area contributed by atoms with Gasteiger partial charge < -0.3 is 4.90 Å². The van der Waals surface area contributed by atoms with Gasteiger partial charge in [-0.15, -0.1) is 11.8 Å². The summed E-state index contributed by atoms with van der Waals surface area (Å²) in [6.07, 6.45) is 0.755. The Morgan fingerprint density at radius 1 is 1.07 bits per heavy atom. The first-order chi connectivity index (χ1) is 13.3. The molecule has 1 aliphatic rings. The number of nitrogens with zero attached hydrogens (tertiary/aromatic N) is 1. The van der Waals surface area contributed by atoms with Gasteiger partial charge in [-0.3, -0.25) is 4.79 Å². The molecule has 28 heavy (non-hydrogen) atoms. The van der Waals surface area contributed by atoms with E-state index >= 15 is 0 Å². The number of amides is 1. The molecule has 1 fully saturated rings. The Kier molecular flexibility index (Phi) is 6.83. The van der Waals surface area contributed by atoms with Gasteiger partial charge in [0.25, 0.3) is 0 Å². The van der Waals surface area contributed by atoms with Gasteiger partial charge in [0.05, 0.1) is 17.4 Å². The van der Waals surface area contributed by atoms with Crippen molar-refractivity contribution in [2.75, 3.05) is 18.8 Å².